The Morgan fingerprint density at radius 3 is 2.56 bits per heavy atom. The Morgan fingerprint density at radius 2 is 2.00 bits per heavy atom. The summed E-state index contributed by atoms with van der Waals surface area (Å²) in [6, 6.07) is 3.90. The SMILES string of the molecule is CCCCC(C)(C)Cc1cc(Br)c(O)c(OC)c1. The Labute approximate surface area is 118 Å². The summed E-state index contributed by atoms with van der Waals surface area (Å²) in [6.45, 7) is 6.79. The molecule has 0 aromatic heterocycles. The summed E-state index contributed by atoms with van der Waals surface area (Å²) in [5.74, 6) is 0.707. The van der Waals surface area contributed by atoms with Crippen LogP contribution >= 0.6 is 15.9 Å². The highest BCUT2D eigenvalue weighted by atomic mass is 79.9. The molecule has 0 radical (unpaired) electrons. The zero-order valence-corrected chi connectivity index (χ0v) is 13.3. The van der Waals surface area contributed by atoms with Crippen LogP contribution in [0.1, 0.15) is 45.6 Å². The Hall–Kier alpha value is -0.700. The van der Waals surface area contributed by atoms with Gasteiger partial charge in [-0.25, -0.2) is 0 Å². The van der Waals surface area contributed by atoms with E-state index < -0.39 is 0 Å². The number of ether oxygens (including phenoxy) is 1. The van der Waals surface area contributed by atoms with Crippen LogP contribution in [0, 0.1) is 5.41 Å². The molecule has 1 aromatic rings. The molecule has 2 nitrogen and oxygen atoms in total. The van der Waals surface area contributed by atoms with Gasteiger partial charge in [-0.2, -0.15) is 0 Å². The van der Waals surface area contributed by atoms with Crippen LogP contribution in [0.25, 0.3) is 0 Å². The van der Waals surface area contributed by atoms with E-state index in [1.165, 1.54) is 24.8 Å². The number of phenolic OH excluding ortho intramolecular Hbond substituents is 1. The normalized spacial score (nSPS) is 11.6. The Balaban J connectivity index is 2.87. The third-order valence-corrected chi connectivity index (χ3v) is 3.80. The zero-order chi connectivity index (χ0) is 13.8. The second-order valence-electron chi connectivity index (χ2n) is 5.57. The van der Waals surface area contributed by atoms with Gasteiger partial charge in [-0.3, -0.25) is 0 Å². The molecule has 0 heterocycles. The maximum absolute atomic E-state index is 9.79. The van der Waals surface area contributed by atoms with Crippen molar-refractivity contribution in [2.75, 3.05) is 7.11 Å². The second-order valence-corrected chi connectivity index (χ2v) is 6.43. The Morgan fingerprint density at radius 1 is 1.33 bits per heavy atom. The lowest BCUT2D eigenvalue weighted by Crippen LogP contribution is -2.14. The number of halogens is 1. The van der Waals surface area contributed by atoms with Gasteiger partial charge in [0.15, 0.2) is 11.5 Å². The Kier molecular flexibility index (Phi) is 5.51. The number of rotatable bonds is 6. The minimum absolute atomic E-state index is 0.174. The van der Waals surface area contributed by atoms with Crippen LogP contribution < -0.4 is 4.74 Å². The zero-order valence-electron chi connectivity index (χ0n) is 11.7. The summed E-state index contributed by atoms with van der Waals surface area (Å²) in [6.07, 6.45) is 4.68. The van der Waals surface area contributed by atoms with Gasteiger partial charge >= 0.3 is 0 Å². The van der Waals surface area contributed by atoms with Gasteiger partial charge in [0, 0.05) is 0 Å². The van der Waals surface area contributed by atoms with Crippen molar-refractivity contribution < 1.29 is 9.84 Å². The predicted molar refractivity (Wildman–Crippen MR) is 79.4 cm³/mol. The number of hydrogen-bond donors (Lipinski definition) is 1. The molecule has 0 amide bonds. The van der Waals surface area contributed by atoms with Crippen LogP contribution in [-0.4, -0.2) is 12.2 Å². The molecule has 1 rings (SSSR count). The van der Waals surface area contributed by atoms with Gasteiger partial charge in [-0.15, -0.1) is 0 Å². The lowest BCUT2D eigenvalue weighted by atomic mass is 9.81. The average molecular weight is 315 g/mol. The molecule has 102 valence electrons. The fraction of sp³-hybridized carbons (Fsp3) is 0.600. The quantitative estimate of drug-likeness (QED) is 0.807. The summed E-state index contributed by atoms with van der Waals surface area (Å²) in [5, 5.41) is 9.79. The summed E-state index contributed by atoms with van der Waals surface area (Å²) in [7, 11) is 1.58. The van der Waals surface area contributed by atoms with Crippen molar-refractivity contribution in [3.63, 3.8) is 0 Å². The van der Waals surface area contributed by atoms with Crippen LogP contribution in [0.5, 0.6) is 11.5 Å². The standard InChI is InChI=1S/C15H23BrO2/c1-5-6-7-15(2,3)10-11-8-12(16)14(17)13(9-11)18-4/h8-9,17H,5-7,10H2,1-4H3. The topological polar surface area (TPSA) is 29.5 Å². The van der Waals surface area contributed by atoms with E-state index in [1.807, 2.05) is 12.1 Å². The molecular weight excluding hydrogens is 292 g/mol. The number of aromatic hydroxyl groups is 1. The van der Waals surface area contributed by atoms with Crippen molar-refractivity contribution in [1.82, 2.24) is 0 Å². The maximum atomic E-state index is 9.79. The minimum atomic E-state index is 0.174. The third-order valence-electron chi connectivity index (χ3n) is 3.20. The van der Waals surface area contributed by atoms with Gasteiger partial charge < -0.3 is 9.84 Å². The molecule has 0 aliphatic heterocycles. The molecule has 0 aliphatic carbocycles. The number of methoxy groups -OCH3 is 1. The van der Waals surface area contributed by atoms with Gasteiger partial charge in [-0.1, -0.05) is 33.6 Å². The van der Waals surface area contributed by atoms with Gasteiger partial charge in [-0.05, 0) is 51.9 Å². The van der Waals surface area contributed by atoms with Crippen LogP contribution in [0.4, 0.5) is 0 Å². The molecule has 3 heteroatoms. The molecule has 1 N–H and O–H groups in total. The van der Waals surface area contributed by atoms with Crippen LogP contribution in [-0.2, 0) is 6.42 Å². The van der Waals surface area contributed by atoms with Gasteiger partial charge in [0.1, 0.15) is 0 Å². The summed E-state index contributed by atoms with van der Waals surface area (Å²) < 4.78 is 5.88. The van der Waals surface area contributed by atoms with Crippen molar-refractivity contribution in [1.29, 1.82) is 0 Å². The summed E-state index contributed by atoms with van der Waals surface area (Å²) in [4.78, 5) is 0. The first-order valence-corrected chi connectivity index (χ1v) is 7.24. The molecule has 18 heavy (non-hydrogen) atoms. The molecule has 0 saturated heterocycles. The molecule has 0 unspecified atom stereocenters. The highest BCUT2D eigenvalue weighted by Crippen LogP contribution is 2.37. The molecule has 0 saturated carbocycles. The fourth-order valence-corrected chi connectivity index (χ4v) is 2.67. The molecule has 0 aliphatic rings. The molecule has 0 bridgehead atoms. The Bertz CT molecular complexity index is 400. The smallest absolute Gasteiger partial charge is 0.172 e. The first-order chi connectivity index (χ1) is 8.39. The van der Waals surface area contributed by atoms with E-state index in [-0.39, 0.29) is 11.2 Å². The van der Waals surface area contributed by atoms with Crippen LogP contribution in [0.15, 0.2) is 16.6 Å². The van der Waals surface area contributed by atoms with E-state index >= 15 is 0 Å². The van der Waals surface area contributed by atoms with Crippen molar-refractivity contribution in [2.45, 2.75) is 46.5 Å². The third kappa shape index (κ3) is 4.20. The molecular formula is C15H23BrO2. The molecule has 1 aromatic carbocycles. The van der Waals surface area contributed by atoms with E-state index in [0.717, 1.165) is 6.42 Å². The van der Waals surface area contributed by atoms with Crippen molar-refractivity contribution >= 4 is 15.9 Å². The number of phenols is 1. The minimum Gasteiger partial charge on any atom is -0.503 e. The van der Waals surface area contributed by atoms with Crippen LogP contribution in [0.2, 0.25) is 0 Å². The van der Waals surface area contributed by atoms with Crippen LogP contribution in [0.3, 0.4) is 0 Å². The lowest BCUT2D eigenvalue weighted by Gasteiger charge is -2.25. The summed E-state index contributed by atoms with van der Waals surface area (Å²) in [5.41, 5.74) is 1.47. The van der Waals surface area contributed by atoms with E-state index in [4.69, 9.17) is 4.74 Å². The van der Waals surface area contributed by atoms with E-state index in [9.17, 15) is 5.11 Å². The molecule has 0 fully saturated rings. The fourth-order valence-electron chi connectivity index (χ4n) is 2.18. The van der Waals surface area contributed by atoms with Gasteiger partial charge in [0.2, 0.25) is 0 Å². The monoisotopic (exact) mass is 314 g/mol. The molecule has 0 atom stereocenters. The summed E-state index contributed by atoms with van der Waals surface area (Å²) >= 11 is 3.37. The van der Waals surface area contributed by atoms with Crippen molar-refractivity contribution in [3.05, 3.63) is 22.2 Å². The first-order valence-electron chi connectivity index (χ1n) is 6.45. The van der Waals surface area contributed by atoms with E-state index in [2.05, 4.69) is 36.7 Å². The maximum Gasteiger partial charge on any atom is 0.172 e. The van der Waals surface area contributed by atoms with Crippen molar-refractivity contribution in [2.24, 2.45) is 5.41 Å². The highest BCUT2D eigenvalue weighted by Gasteiger charge is 2.19. The van der Waals surface area contributed by atoms with E-state index in [0.29, 0.717) is 10.2 Å². The lowest BCUT2D eigenvalue weighted by molar-refractivity contribution is 0.319. The van der Waals surface area contributed by atoms with Gasteiger partial charge in [0.05, 0.1) is 11.6 Å². The molecule has 0 spiro atoms. The second kappa shape index (κ2) is 6.46. The van der Waals surface area contributed by atoms with Gasteiger partial charge in [0.25, 0.3) is 0 Å². The number of hydrogen-bond acceptors (Lipinski definition) is 2. The number of unbranched alkanes of at least 4 members (excludes halogenated alkanes) is 1. The van der Waals surface area contributed by atoms with Crippen molar-refractivity contribution in [3.8, 4) is 11.5 Å². The first kappa shape index (κ1) is 15.4. The predicted octanol–water partition coefficient (Wildman–Crippen LogP) is 4.92. The largest absolute Gasteiger partial charge is 0.503 e. The average Bonchev–Trinajstić information content (AvgIpc) is 2.30. The highest BCUT2D eigenvalue weighted by molar-refractivity contribution is 9.10. The van der Waals surface area contributed by atoms with E-state index in [1.54, 1.807) is 7.11 Å². The number of benzene rings is 1.